The number of aliphatic hydroxyl groups excluding tert-OH is 2. The zero-order valence-electron chi connectivity index (χ0n) is 17.9. The maximum absolute atomic E-state index is 12.7. The molecule has 7 atom stereocenters. The standard InChI is InChI=1S/C26H34O4/c1-25-13-12-22-20(8-7-18-15-19(28)11-14-26(18,22)16-27)21(25)9-10-23(25)30-24(29)17-5-3-2-4-6-17/h2-7,19-23,27-28H,8-16H2,1H3/t19-,20+,21+,22+,23-,25+,26-/m1/s1. The van der Waals surface area contributed by atoms with Gasteiger partial charge in [-0.2, -0.15) is 0 Å². The summed E-state index contributed by atoms with van der Waals surface area (Å²) in [6.07, 6.45) is 9.66. The lowest BCUT2D eigenvalue weighted by molar-refractivity contribution is -0.0927. The fourth-order valence-corrected chi connectivity index (χ4v) is 7.65. The number of carbonyl (C=O) groups is 1. The van der Waals surface area contributed by atoms with Crippen molar-refractivity contribution in [3.63, 3.8) is 0 Å². The first-order chi connectivity index (χ1) is 14.5. The predicted molar refractivity (Wildman–Crippen MR) is 115 cm³/mol. The van der Waals surface area contributed by atoms with Gasteiger partial charge < -0.3 is 14.9 Å². The Hall–Kier alpha value is -1.65. The number of hydrogen-bond acceptors (Lipinski definition) is 4. The third-order valence-corrected chi connectivity index (χ3v) is 9.26. The lowest BCUT2D eigenvalue weighted by Gasteiger charge is -2.58. The van der Waals surface area contributed by atoms with Crippen LogP contribution in [0.15, 0.2) is 42.0 Å². The van der Waals surface area contributed by atoms with Crippen LogP contribution in [0.25, 0.3) is 0 Å². The average Bonchev–Trinajstić information content (AvgIpc) is 3.10. The topological polar surface area (TPSA) is 66.8 Å². The summed E-state index contributed by atoms with van der Waals surface area (Å²) in [5.41, 5.74) is 1.81. The minimum Gasteiger partial charge on any atom is -0.458 e. The summed E-state index contributed by atoms with van der Waals surface area (Å²) in [5, 5.41) is 20.7. The maximum atomic E-state index is 12.7. The van der Waals surface area contributed by atoms with Gasteiger partial charge in [0.25, 0.3) is 0 Å². The van der Waals surface area contributed by atoms with Gasteiger partial charge in [0, 0.05) is 10.8 Å². The van der Waals surface area contributed by atoms with Crippen molar-refractivity contribution >= 4 is 5.97 Å². The third kappa shape index (κ3) is 2.98. The zero-order valence-corrected chi connectivity index (χ0v) is 17.9. The van der Waals surface area contributed by atoms with Gasteiger partial charge in [-0.25, -0.2) is 4.79 Å². The Balaban J connectivity index is 1.38. The van der Waals surface area contributed by atoms with Gasteiger partial charge in [-0.15, -0.1) is 0 Å². The fourth-order valence-electron chi connectivity index (χ4n) is 7.65. The minimum atomic E-state index is -0.255. The molecular weight excluding hydrogens is 376 g/mol. The molecule has 4 aliphatic rings. The molecule has 4 aliphatic carbocycles. The summed E-state index contributed by atoms with van der Waals surface area (Å²) in [7, 11) is 0. The molecule has 0 heterocycles. The average molecular weight is 411 g/mol. The molecule has 4 nitrogen and oxygen atoms in total. The highest BCUT2D eigenvalue weighted by atomic mass is 16.5. The van der Waals surface area contributed by atoms with Crippen LogP contribution in [0.2, 0.25) is 0 Å². The molecule has 4 heteroatoms. The maximum Gasteiger partial charge on any atom is 0.338 e. The van der Waals surface area contributed by atoms with Gasteiger partial charge >= 0.3 is 5.97 Å². The van der Waals surface area contributed by atoms with Crippen molar-refractivity contribution in [2.24, 2.45) is 28.6 Å². The summed E-state index contributed by atoms with van der Waals surface area (Å²) in [4.78, 5) is 12.7. The van der Waals surface area contributed by atoms with Crippen LogP contribution in [0.5, 0.6) is 0 Å². The highest BCUT2D eigenvalue weighted by Gasteiger charge is 2.60. The van der Waals surface area contributed by atoms with Crippen molar-refractivity contribution in [1.29, 1.82) is 0 Å². The van der Waals surface area contributed by atoms with Gasteiger partial charge in [0.05, 0.1) is 18.3 Å². The van der Waals surface area contributed by atoms with E-state index >= 15 is 0 Å². The second kappa shape index (κ2) is 7.49. The first-order valence-corrected chi connectivity index (χ1v) is 11.7. The Labute approximate surface area is 179 Å². The number of carbonyl (C=O) groups excluding carboxylic acids is 1. The van der Waals surface area contributed by atoms with Crippen LogP contribution in [0.1, 0.15) is 68.6 Å². The van der Waals surface area contributed by atoms with Gasteiger partial charge in [0.2, 0.25) is 0 Å². The number of ether oxygens (including phenoxy) is 1. The van der Waals surface area contributed by atoms with E-state index < -0.39 is 0 Å². The largest absolute Gasteiger partial charge is 0.458 e. The normalized spacial score (nSPS) is 42.5. The molecule has 3 fully saturated rings. The Kier molecular flexibility index (Phi) is 5.06. The highest BCUT2D eigenvalue weighted by molar-refractivity contribution is 5.89. The highest BCUT2D eigenvalue weighted by Crippen LogP contribution is 2.65. The Morgan fingerprint density at radius 1 is 1.10 bits per heavy atom. The fraction of sp³-hybridized carbons (Fsp3) is 0.654. The molecule has 0 spiro atoms. The number of benzene rings is 1. The Morgan fingerprint density at radius 3 is 2.67 bits per heavy atom. The van der Waals surface area contributed by atoms with Crippen molar-refractivity contribution in [2.75, 3.05) is 6.61 Å². The summed E-state index contributed by atoms with van der Waals surface area (Å²) < 4.78 is 6.08. The Morgan fingerprint density at radius 2 is 1.90 bits per heavy atom. The zero-order chi connectivity index (χ0) is 20.9. The van der Waals surface area contributed by atoms with E-state index in [1.165, 1.54) is 5.57 Å². The summed E-state index contributed by atoms with van der Waals surface area (Å²) in [5.74, 6) is 1.34. The van der Waals surface area contributed by atoms with E-state index in [0.717, 1.165) is 51.4 Å². The van der Waals surface area contributed by atoms with Crippen LogP contribution in [-0.4, -0.2) is 35.0 Å². The van der Waals surface area contributed by atoms with Gasteiger partial charge in [0.15, 0.2) is 0 Å². The minimum absolute atomic E-state index is 0.0157. The summed E-state index contributed by atoms with van der Waals surface area (Å²) in [6.45, 7) is 2.53. The number of hydrogen-bond donors (Lipinski definition) is 2. The first kappa shape index (κ1) is 20.3. The van der Waals surface area contributed by atoms with E-state index in [9.17, 15) is 15.0 Å². The van der Waals surface area contributed by atoms with E-state index in [-0.39, 0.29) is 35.6 Å². The van der Waals surface area contributed by atoms with Gasteiger partial charge in [-0.05, 0) is 81.3 Å². The lowest BCUT2D eigenvalue weighted by atomic mass is 9.47. The van der Waals surface area contributed by atoms with Crippen molar-refractivity contribution < 1.29 is 19.7 Å². The molecule has 1 aromatic rings. The number of fused-ring (bicyclic) bond motifs is 5. The first-order valence-electron chi connectivity index (χ1n) is 11.7. The molecule has 162 valence electrons. The van der Waals surface area contributed by atoms with Gasteiger partial charge in [-0.3, -0.25) is 0 Å². The number of rotatable bonds is 3. The van der Waals surface area contributed by atoms with E-state index in [2.05, 4.69) is 13.0 Å². The van der Waals surface area contributed by atoms with E-state index in [0.29, 0.717) is 23.3 Å². The lowest BCUT2D eigenvalue weighted by Crippen LogP contribution is -2.53. The third-order valence-electron chi connectivity index (χ3n) is 9.26. The summed E-state index contributed by atoms with van der Waals surface area (Å²) in [6, 6.07) is 9.32. The predicted octanol–water partition coefficient (Wildman–Crippen LogP) is 4.51. The monoisotopic (exact) mass is 410 g/mol. The van der Waals surface area contributed by atoms with Crippen LogP contribution in [0, 0.1) is 28.6 Å². The molecule has 1 aromatic carbocycles. The van der Waals surface area contributed by atoms with Gasteiger partial charge in [-0.1, -0.05) is 36.8 Å². The van der Waals surface area contributed by atoms with Crippen molar-refractivity contribution in [2.45, 2.75) is 70.5 Å². The van der Waals surface area contributed by atoms with Crippen LogP contribution in [0.3, 0.4) is 0 Å². The molecular formula is C26H34O4. The molecule has 0 bridgehead atoms. The smallest absolute Gasteiger partial charge is 0.338 e. The van der Waals surface area contributed by atoms with Crippen molar-refractivity contribution in [3.8, 4) is 0 Å². The van der Waals surface area contributed by atoms with Gasteiger partial charge in [0.1, 0.15) is 6.10 Å². The van der Waals surface area contributed by atoms with Crippen LogP contribution >= 0.6 is 0 Å². The molecule has 0 saturated heterocycles. The number of allylic oxidation sites excluding steroid dienone is 1. The van der Waals surface area contributed by atoms with Crippen molar-refractivity contribution in [1.82, 2.24) is 0 Å². The number of esters is 1. The van der Waals surface area contributed by atoms with E-state index in [1.54, 1.807) is 0 Å². The molecule has 0 unspecified atom stereocenters. The SMILES string of the molecule is C[C@]12CC[C@H]3[C@@H](CC=C4C[C@H](O)CC[C@@]43CO)[C@@H]1CC[C@H]2OC(=O)c1ccccc1. The molecule has 0 aromatic heterocycles. The number of aliphatic hydroxyl groups is 2. The van der Waals surface area contributed by atoms with E-state index in [4.69, 9.17) is 4.74 Å². The molecule has 30 heavy (non-hydrogen) atoms. The van der Waals surface area contributed by atoms with Crippen molar-refractivity contribution in [3.05, 3.63) is 47.5 Å². The van der Waals surface area contributed by atoms with E-state index in [1.807, 2.05) is 30.3 Å². The molecule has 3 saturated carbocycles. The Bertz CT molecular complexity index is 833. The van der Waals surface area contributed by atoms with Crippen LogP contribution in [-0.2, 0) is 4.74 Å². The molecule has 0 radical (unpaired) electrons. The quantitative estimate of drug-likeness (QED) is 0.568. The van der Waals surface area contributed by atoms with Crippen LogP contribution < -0.4 is 0 Å². The molecule has 0 amide bonds. The second-order valence-corrected chi connectivity index (χ2v) is 10.4. The second-order valence-electron chi connectivity index (χ2n) is 10.4. The van der Waals surface area contributed by atoms with Crippen LogP contribution in [0.4, 0.5) is 0 Å². The molecule has 0 aliphatic heterocycles. The summed E-state index contributed by atoms with van der Waals surface area (Å²) >= 11 is 0. The molecule has 5 rings (SSSR count). The molecule has 2 N–H and O–H groups in total.